The summed E-state index contributed by atoms with van der Waals surface area (Å²) in [6.07, 6.45) is 13.6. The van der Waals surface area contributed by atoms with E-state index in [1.807, 2.05) is 18.2 Å². The van der Waals surface area contributed by atoms with E-state index in [0.29, 0.717) is 5.56 Å². The first-order chi connectivity index (χ1) is 13.7. The topological polar surface area (TPSA) is 63.6 Å². The average Bonchev–Trinajstić information content (AvgIpc) is 2.72. The third kappa shape index (κ3) is 8.21. The zero-order valence-corrected chi connectivity index (χ0v) is 18.0. The number of ether oxygens (including phenoxy) is 1. The second-order valence-corrected chi connectivity index (χ2v) is 7.45. The van der Waals surface area contributed by atoms with Crippen LogP contribution in [0.4, 0.5) is 0 Å². The summed E-state index contributed by atoms with van der Waals surface area (Å²) in [5, 5.41) is 4.00. The summed E-state index contributed by atoms with van der Waals surface area (Å²) in [7, 11) is 0. The van der Waals surface area contributed by atoms with Gasteiger partial charge in [0, 0.05) is 18.0 Å². The number of amides is 1. The molecule has 0 atom stereocenters. The number of unbranched alkanes of at least 4 members (excludes halogenated alkanes) is 6. The van der Waals surface area contributed by atoms with Crippen LogP contribution in [0.5, 0.6) is 5.75 Å². The number of benzene rings is 1. The third-order valence-corrected chi connectivity index (χ3v) is 4.90. The molecule has 28 heavy (non-hydrogen) atoms. The first kappa shape index (κ1) is 22.1. The van der Waals surface area contributed by atoms with Gasteiger partial charge in [-0.3, -0.25) is 9.78 Å². The average molecular weight is 446 g/mol. The molecular weight excluding hydrogens is 418 g/mol. The van der Waals surface area contributed by atoms with Crippen LogP contribution in [-0.4, -0.2) is 23.7 Å². The van der Waals surface area contributed by atoms with E-state index in [-0.39, 0.29) is 5.91 Å². The minimum Gasteiger partial charge on any atom is -0.492 e. The van der Waals surface area contributed by atoms with Crippen molar-refractivity contribution in [3.8, 4) is 5.75 Å². The number of carbonyl (C=O) groups excluding carboxylic acids is 1. The number of pyridine rings is 1. The van der Waals surface area contributed by atoms with Gasteiger partial charge < -0.3 is 4.74 Å². The van der Waals surface area contributed by atoms with Gasteiger partial charge in [0.05, 0.1) is 17.3 Å². The predicted molar refractivity (Wildman–Crippen MR) is 117 cm³/mol. The number of nitrogens with zero attached hydrogens (tertiary/aromatic N) is 2. The highest BCUT2D eigenvalue weighted by atomic mass is 79.9. The highest BCUT2D eigenvalue weighted by Crippen LogP contribution is 2.25. The standard InChI is InChI=1S/C22H28BrN3O2/c1-2-3-4-5-6-7-8-15-28-21-10-9-18(16-20(21)23)17-25-26-22(27)19-11-13-24-14-12-19/h9-14,16-17H,2-8,15H2,1H3,(H,26,27)/b25-17-. The summed E-state index contributed by atoms with van der Waals surface area (Å²) in [5.74, 6) is 0.552. The van der Waals surface area contributed by atoms with Crippen molar-refractivity contribution >= 4 is 28.1 Å². The van der Waals surface area contributed by atoms with Crippen molar-refractivity contribution in [2.75, 3.05) is 6.61 Å². The van der Waals surface area contributed by atoms with E-state index in [9.17, 15) is 4.79 Å². The van der Waals surface area contributed by atoms with Crippen LogP contribution in [0.1, 0.15) is 67.8 Å². The fourth-order valence-electron chi connectivity index (χ4n) is 2.69. The van der Waals surface area contributed by atoms with Crippen LogP contribution >= 0.6 is 15.9 Å². The Hall–Kier alpha value is -2.21. The molecule has 1 aromatic heterocycles. The number of aromatic nitrogens is 1. The maximum Gasteiger partial charge on any atom is 0.271 e. The summed E-state index contributed by atoms with van der Waals surface area (Å²) >= 11 is 3.54. The summed E-state index contributed by atoms with van der Waals surface area (Å²) in [5.41, 5.74) is 3.89. The molecule has 0 aliphatic rings. The quantitative estimate of drug-likeness (QED) is 0.257. The van der Waals surface area contributed by atoms with Gasteiger partial charge in [0.25, 0.3) is 5.91 Å². The molecule has 1 heterocycles. The van der Waals surface area contributed by atoms with Crippen LogP contribution in [0, 0.1) is 0 Å². The lowest BCUT2D eigenvalue weighted by atomic mass is 10.1. The molecule has 2 rings (SSSR count). The molecule has 2 aromatic rings. The lowest BCUT2D eigenvalue weighted by Crippen LogP contribution is -2.17. The van der Waals surface area contributed by atoms with Gasteiger partial charge >= 0.3 is 0 Å². The summed E-state index contributed by atoms with van der Waals surface area (Å²) in [6, 6.07) is 9.02. The lowest BCUT2D eigenvalue weighted by molar-refractivity contribution is 0.0955. The number of halogens is 1. The molecule has 0 bridgehead atoms. The van der Waals surface area contributed by atoms with Gasteiger partial charge in [0.15, 0.2) is 0 Å². The Balaban J connectivity index is 1.72. The highest BCUT2D eigenvalue weighted by molar-refractivity contribution is 9.10. The maximum atomic E-state index is 11.9. The van der Waals surface area contributed by atoms with Gasteiger partial charge in [-0.1, -0.05) is 45.4 Å². The first-order valence-corrected chi connectivity index (χ1v) is 10.7. The fourth-order valence-corrected chi connectivity index (χ4v) is 3.20. The molecule has 0 spiro atoms. The molecule has 0 fully saturated rings. The number of rotatable bonds is 12. The fraction of sp³-hybridized carbons (Fsp3) is 0.409. The van der Waals surface area contributed by atoms with Gasteiger partial charge in [-0.15, -0.1) is 0 Å². The van der Waals surface area contributed by atoms with Crippen molar-refractivity contribution in [2.45, 2.75) is 51.9 Å². The zero-order chi connectivity index (χ0) is 20.0. The van der Waals surface area contributed by atoms with Crippen molar-refractivity contribution < 1.29 is 9.53 Å². The van der Waals surface area contributed by atoms with E-state index >= 15 is 0 Å². The highest BCUT2D eigenvalue weighted by Gasteiger charge is 2.04. The lowest BCUT2D eigenvalue weighted by Gasteiger charge is -2.09. The predicted octanol–water partition coefficient (Wildman–Crippen LogP) is 5.74. The summed E-state index contributed by atoms with van der Waals surface area (Å²) in [6.45, 7) is 2.96. The molecule has 150 valence electrons. The van der Waals surface area contributed by atoms with E-state index < -0.39 is 0 Å². The number of carbonyl (C=O) groups is 1. The zero-order valence-electron chi connectivity index (χ0n) is 16.4. The smallest absolute Gasteiger partial charge is 0.271 e. The Morgan fingerprint density at radius 2 is 1.82 bits per heavy atom. The van der Waals surface area contributed by atoms with E-state index in [4.69, 9.17) is 4.74 Å². The number of hydrogen-bond acceptors (Lipinski definition) is 4. The second kappa shape index (κ2) is 13.0. The number of hydrogen-bond donors (Lipinski definition) is 1. The van der Waals surface area contributed by atoms with E-state index in [1.54, 1.807) is 30.7 Å². The normalized spacial score (nSPS) is 10.9. The first-order valence-electron chi connectivity index (χ1n) is 9.86. The monoisotopic (exact) mass is 445 g/mol. The largest absolute Gasteiger partial charge is 0.492 e. The van der Waals surface area contributed by atoms with Crippen molar-refractivity contribution in [1.29, 1.82) is 0 Å². The Morgan fingerprint density at radius 1 is 1.11 bits per heavy atom. The number of hydrazone groups is 1. The molecule has 0 saturated carbocycles. The van der Waals surface area contributed by atoms with Crippen LogP contribution in [0.25, 0.3) is 0 Å². The van der Waals surface area contributed by atoms with E-state index in [2.05, 4.69) is 38.4 Å². The van der Waals surface area contributed by atoms with Gasteiger partial charge in [-0.2, -0.15) is 5.10 Å². The minimum absolute atomic E-state index is 0.271. The van der Waals surface area contributed by atoms with Crippen molar-refractivity contribution in [3.63, 3.8) is 0 Å². The van der Waals surface area contributed by atoms with Crippen LogP contribution in [0.3, 0.4) is 0 Å². The van der Waals surface area contributed by atoms with Crippen LogP contribution in [-0.2, 0) is 0 Å². The molecule has 5 nitrogen and oxygen atoms in total. The molecule has 0 aliphatic carbocycles. The molecular formula is C22H28BrN3O2. The molecule has 1 aromatic carbocycles. The second-order valence-electron chi connectivity index (χ2n) is 6.59. The van der Waals surface area contributed by atoms with Crippen LogP contribution in [0.15, 0.2) is 52.3 Å². The molecule has 1 amide bonds. The number of nitrogens with one attached hydrogen (secondary N) is 1. The Morgan fingerprint density at radius 3 is 2.54 bits per heavy atom. The van der Waals surface area contributed by atoms with Crippen LogP contribution < -0.4 is 10.2 Å². The Labute approximate surface area is 175 Å². The van der Waals surface area contributed by atoms with Gasteiger partial charge in [-0.25, -0.2) is 5.43 Å². The summed E-state index contributed by atoms with van der Waals surface area (Å²) in [4.78, 5) is 15.8. The molecule has 0 saturated heterocycles. The molecule has 0 aliphatic heterocycles. The van der Waals surface area contributed by atoms with Gasteiger partial charge in [-0.05, 0) is 58.2 Å². The van der Waals surface area contributed by atoms with Crippen molar-refractivity contribution in [2.24, 2.45) is 5.10 Å². The minimum atomic E-state index is -0.271. The molecule has 6 heteroatoms. The summed E-state index contributed by atoms with van der Waals surface area (Å²) < 4.78 is 6.73. The Bertz CT molecular complexity index is 751. The Kier molecular flexibility index (Phi) is 10.3. The van der Waals surface area contributed by atoms with Crippen molar-refractivity contribution in [1.82, 2.24) is 10.4 Å². The van der Waals surface area contributed by atoms with Crippen LogP contribution in [0.2, 0.25) is 0 Å². The van der Waals surface area contributed by atoms with Gasteiger partial charge in [0.2, 0.25) is 0 Å². The maximum absolute atomic E-state index is 11.9. The van der Waals surface area contributed by atoms with Crippen molar-refractivity contribution in [3.05, 3.63) is 58.3 Å². The van der Waals surface area contributed by atoms with E-state index in [0.717, 1.165) is 28.8 Å². The third-order valence-electron chi connectivity index (χ3n) is 4.28. The molecule has 0 radical (unpaired) electrons. The SMILES string of the molecule is CCCCCCCCCOc1ccc(/C=N\NC(=O)c2ccncc2)cc1Br. The van der Waals surface area contributed by atoms with Gasteiger partial charge in [0.1, 0.15) is 5.75 Å². The molecule has 0 unspecified atom stereocenters. The molecule has 1 N–H and O–H groups in total. The van der Waals surface area contributed by atoms with E-state index in [1.165, 1.54) is 38.5 Å².